The molecule has 0 saturated heterocycles. The summed E-state index contributed by atoms with van der Waals surface area (Å²) in [7, 11) is 0. The first-order chi connectivity index (χ1) is 8.26. The fourth-order valence-corrected chi connectivity index (χ4v) is 1.69. The largest absolute Gasteiger partial charge is 0.478 e. The first-order valence-corrected chi connectivity index (χ1v) is 6.34. The highest BCUT2D eigenvalue weighted by atomic mass is 35.5. The highest BCUT2D eigenvalue weighted by molar-refractivity contribution is 6.29. The van der Waals surface area contributed by atoms with E-state index in [1.165, 1.54) is 31.7 Å². The second-order valence-corrected chi connectivity index (χ2v) is 4.28. The number of aromatic nitrogens is 1. The SMILES string of the molecule is CCCCCCCOc1cc(C#N)cc(Cl)n1. The van der Waals surface area contributed by atoms with Crippen LogP contribution in [0.3, 0.4) is 0 Å². The van der Waals surface area contributed by atoms with Gasteiger partial charge in [0.1, 0.15) is 5.15 Å². The Morgan fingerprint density at radius 3 is 2.76 bits per heavy atom. The third-order valence-electron chi connectivity index (χ3n) is 2.40. The minimum absolute atomic E-state index is 0.296. The van der Waals surface area contributed by atoms with Crippen molar-refractivity contribution in [2.75, 3.05) is 6.61 Å². The number of hydrogen-bond donors (Lipinski definition) is 0. The molecule has 0 atom stereocenters. The Balaban J connectivity index is 2.32. The van der Waals surface area contributed by atoms with Gasteiger partial charge in [-0.15, -0.1) is 0 Å². The van der Waals surface area contributed by atoms with E-state index in [-0.39, 0.29) is 0 Å². The highest BCUT2D eigenvalue weighted by Crippen LogP contribution is 2.16. The zero-order chi connectivity index (χ0) is 12.5. The maximum absolute atomic E-state index is 8.76. The second kappa shape index (κ2) is 7.92. The Morgan fingerprint density at radius 1 is 1.29 bits per heavy atom. The number of rotatable bonds is 7. The van der Waals surface area contributed by atoms with Gasteiger partial charge in [0, 0.05) is 6.07 Å². The summed E-state index contributed by atoms with van der Waals surface area (Å²) in [6.07, 6.45) is 5.93. The van der Waals surface area contributed by atoms with Crippen LogP contribution in [0.4, 0.5) is 0 Å². The summed E-state index contributed by atoms with van der Waals surface area (Å²) in [4.78, 5) is 4.01. The molecule has 0 aliphatic rings. The molecule has 1 aromatic heterocycles. The third kappa shape index (κ3) is 5.55. The van der Waals surface area contributed by atoms with Crippen molar-refractivity contribution < 1.29 is 4.74 Å². The molecule has 0 spiro atoms. The monoisotopic (exact) mass is 252 g/mol. The number of ether oxygens (including phenoxy) is 1. The van der Waals surface area contributed by atoms with Gasteiger partial charge in [-0.05, 0) is 12.5 Å². The number of halogens is 1. The Labute approximate surface area is 107 Å². The van der Waals surface area contributed by atoms with Crippen LogP contribution in [0.5, 0.6) is 5.88 Å². The van der Waals surface area contributed by atoms with Crippen LogP contribution in [0.2, 0.25) is 5.15 Å². The number of unbranched alkanes of at least 4 members (excludes halogenated alkanes) is 4. The van der Waals surface area contributed by atoms with Crippen LogP contribution in [0.25, 0.3) is 0 Å². The molecule has 92 valence electrons. The molecular weight excluding hydrogens is 236 g/mol. The standard InChI is InChI=1S/C13H17ClN2O/c1-2-3-4-5-6-7-17-13-9-11(10-15)8-12(14)16-13/h8-9H,2-7H2,1H3. The summed E-state index contributed by atoms with van der Waals surface area (Å²) in [5.41, 5.74) is 0.478. The predicted octanol–water partition coefficient (Wildman–Crippen LogP) is 3.96. The van der Waals surface area contributed by atoms with Crippen molar-refractivity contribution in [3.63, 3.8) is 0 Å². The molecule has 0 saturated carbocycles. The number of pyridine rings is 1. The van der Waals surface area contributed by atoms with Crippen molar-refractivity contribution in [2.45, 2.75) is 39.0 Å². The average molecular weight is 253 g/mol. The van der Waals surface area contributed by atoms with E-state index in [4.69, 9.17) is 21.6 Å². The number of nitrogens with zero attached hydrogens (tertiary/aromatic N) is 2. The predicted molar refractivity (Wildman–Crippen MR) is 68.2 cm³/mol. The first-order valence-electron chi connectivity index (χ1n) is 5.96. The molecule has 0 radical (unpaired) electrons. The Bertz CT molecular complexity index is 387. The lowest BCUT2D eigenvalue weighted by molar-refractivity contribution is 0.293. The molecule has 17 heavy (non-hydrogen) atoms. The summed E-state index contributed by atoms with van der Waals surface area (Å²) >= 11 is 5.77. The Kier molecular flexibility index (Phi) is 6.42. The molecular formula is C13H17ClN2O. The normalized spacial score (nSPS) is 9.94. The van der Waals surface area contributed by atoms with E-state index >= 15 is 0 Å². The maximum Gasteiger partial charge on any atom is 0.215 e. The number of nitriles is 1. The summed E-state index contributed by atoms with van der Waals surface area (Å²) in [6.45, 7) is 2.82. The molecule has 0 aromatic carbocycles. The van der Waals surface area contributed by atoms with Crippen molar-refractivity contribution in [2.24, 2.45) is 0 Å². The minimum Gasteiger partial charge on any atom is -0.478 e. The van der Waals surface area contributed by atoms with Gasteiger partial charge < -0.3 is 4.74 Å². The van der Waals surface area contributed by atoms with E-state index < -0.39 is 0 Å². The smallest absolute Gasteiger partial charge is 0.215 e. The van der Waals surface area contributed by atoms with Crippen LogP contribution in [0.1, 0.15) is 44.6 Å². The van der Waals surface area contributed by atoms with Gasteiger partial charge in [-0.25, -0.2) is 4.98 Å². The Hall–Kier alpha value is -1.27. The van der Waals surface area contributed by atoms with E-state index in [0.29, 0.717) is 23.2 Å². The van der Waals surface area contributed by atoms with Gasteiger partial charge in [-0.3, -0.25) is 0 Å². The summed E-state index contributed by atoms with van der Waals surface area (Å²) in [6, 6.07) is 5.15. The lowest BCUT2D eigenvalue weighted by Gasteiger charge is -2.05. The molecule has 4 heteroatoms. The fourth-order valence-electron chi connectivity index (χ4n) is 1.49. The van der Waals surface area contributed by atoms with Gasteiger partial charge in [0.25, 0.3) is 0 Å². The van der Waals surface area contributed by atoms with Crippen molar-refractivity contribution in [3.8, 4) is 11.9 Å². The molecule has 0 N–H and O–H groups in total. The van der Waals surface area contributed by atoms with Crippen LogP contribution < -0.4 is 4.74 Å². The quantitative estimate of drug-likeness (QED) is 0.545. The lowest BCUT2D eigenvalue weighted by atomic mass is 10.2. The van der Waals surface area contributed by atoms with Gasteiger partial charge in [0.2, 0.25) is 5.88 Å². The van der Waals surface area contributed by atoms with Crippen molar-refractivity contribution >= 4 is 11.6 Å². The van der Waals surface area contributed by atoms with Gasteiger partial charge in [-0.2, -0.15) is 5.26 Å². The molecule has 1 heterocycles. The zero-order valence-electron chi connectivity index (χ0n) is 10.1. The van der Waals surface area contributed by atoms with Crippen molar-refractivity contribution in [3.05, 3.63) is 22.8 Å². The van der Waals surface area contributed by atoms with Crippen molar-refractivity contribution in [1.29, 1.82) is 5.26 Å². The van der Waals surface area contributed by atoms with Gasteiger partial charge >= 0.3 is 0 Å². The first kappa shape index (κ1) is 13.8. The lowest BCUT2D eigenvalue weighted by Crippen LogP contribution is -1.99. The molecule has 0 amide bonds. The molecule has 0 aliphatic heterocycles. The van der Waals surface area contributed by atoms with Crippen LogP contribution in [-0.4, -0.2) is 11.6 Å². The molecule has 0 aliphatic carbocycles. The van der Waals surface area contributed by atoms with Crippen LogP contribution in [0.15, 0.2) is 12.1 Å². The van der Waals surface area contributed by atoms with Crippen molar-refractivity contribution in [1.82, 2.24) is 4.98 Å². The van der Waals surface area contributed by atoms with E-state index in [1.54, 1.807) is 6.07 Å². The molecule has 0 bridgehead atoms. The maximum atomic E-state index is 8.76. The molecule has 3 nitrogen and oxygen atoms in total. The second-order valence-electron chi connectivity index (χ2n) is 3.89. The zero-order valence-corrected chi connectivity index (χ0v) is 10.8. The molecule has 0 unspecified atom stereocenters. The van der Waals surface area contributed by atoms with Gasteiger partial charge in [-0.1, -0.05) is 44.2 Å². The van der Waals surface area contributed by atoms with Crippen LogP contribution in [0, 0.1) is 11.3 Å². The molecule has 1 rings (SSSR count). The van der Waals surface area contributed by atoms with Crippen LogP contribution >= 0.6 is 11.6 Å². The summed E-state index contributed by atoms with van der Waals surface area (Å²) in [5.74, 6) is 0.435. The van der Waals surface area contributed by atoms with E-state index in [2.05, 4.69) is 11.9 Å². The van der Waals surface area contributed by atoms with E-state index in [1.807, 2.05) is 6.07 Å². The molecule has 1 aromatic rings. The minimum atomic E-state index is 0.296. The summed E-state index contributed by atoms with van der Waals surface area (Å²) in [5, 5.41) is 9.06. The third-order valence-corrected chi connectivity index (χ3v) is 2.59. The Morgan fingerprint density at radius 2 is 2.06 bits per heavy atom. The average Bonchev–Trinajstić information content (AvgIpc) is 2.33. The van der Waals surface area contributed by atoms with E-state index in [9.17, 15) is 0 Å². The van der Waals surface area contributed by atoms with Gasteiger partial charge in [0.05, 0.1) is 18.2 Å². The van der Waals surface area contributed by atoms with E-state index in [0.717, 1.165) is 6.42 Å². The summed E-state index contributed by atoms with van der Waals surface area (Å²) < 4.78 is 5.46. The topological polar surface area (TPSA) is 45.9 Å². The highest BCUT2D eigenvalue weighted by Gasteiger charge is 2.01. The molecule has 0 fully saturated rings. The fraction of sp³-hybridized carbons (Fsp3) is 0.538. The number of hydrogen-bond acceptors (Lipinski definition) is 3. The van der Waals surface area contributed by atoms with Crippen LogP contribution in [-0.2, 0) is 0 Å². The van der Waals surface area contributed by atoms with Gasteiger partial charge in [0.15, 0.2) is 0 Å².